The molecule has 0 spiro atoms. The number of ether oxygens (including phenoxy) is 1. The van der Waals surface area contributed by atoms with Crippen LogP contribution >= 0.6 is 0 Å². The highest BCUT2D eigenvalue weighted by Crippen LogP contribution is 2.52. The maximum absolute atomic E-state index is 5.15. The summed E-state index contributed by atoms with van der Waals surface area (Å²) >= 11 is 0. The van der Waals surface area contributed by atoms with E-state index in [1.54, 1.807) is 7.11 Å². The number of benzene rings is 1. The number of nitrogens with one attached hydrogen (secondary N) is 1. The van der Waals surface area contributed by atoms with Gasteiger partial charge in [-0.1, -0.05) is 30.7 Å². The zero-order valence-electron chi connectivity index (χ0n) is 12.8. The minimum absolute atomic E-state index is 0.543. The van der Waals surface area contributed by atoms with Crippen molar-refractivity contribution in [1.82, 2.24) is 5.32 Å². The Morgan fingerprint density at radius 2 is 2.00 bits per heavy atom. The first-order valence-electron chi connectivity index (χ1n) is 8.07. The van der Waals surface area contributed by atoms with Gasteiger partial charge in [0.25, 0.3) is 0 Å². The fraction of sp³-hybridized carbons (Fsp3) is 0.667. The fourth-order valence-electron chi connectivity index (χ4n) is 4.44. The van der Waals surface area contributed by atoms with Crippen LogP contribution in [0.2, 0.25) is 0 Å². The van der Waals surface area contributed by atoms with Crippen LogP contribution in [-0.4, -0.2) is 20.8 Å². The van der Waals surface area contributed by atoms with Crippen LogP contribution in [0.4, 0.5) is 0 Å². The van der Waals surface area contributed by atoms with E-state index in [2.05, 4.69) is 36.6 Å². The molecule has 1 aromatic rings. The third-order valence-corrected chi connectivity index (χ3v) is 5.47. The Kier molecular flexibility index (Phi) is 4.42. The molecule has 2 nitrogen and oxygen atoms in total. The zero-order chi connectivity index (χ0) is 13.9. The Hall–Kier alpha value is -0.860. The molecule has 2 fully saturated rings. The lowest BCUT2D eigenvalue weighted by Crippen LogP contribution is -2.28. The lowest BCUT2D eigenvalue weighted by molar-refractivity contribution is 0.202. The lowest BCUT2D eigenvalue weighted by atomic mass is 9.80. The molecule has 0 radical (unpaired) electrons. The van der Waals surface area contributed by atoms with Crippen molar-refractivity contribution in [2.45, 2.75) is 38.1 Å². The van der Waals surface area contributed by atoms with Crippen LogP contribution < -0.4 is 5.32 Å². The van der Waals surface area contributed by atoms with Crippen molar-refractivity contribution in [2.24, 2.45) is 17.8 Å². The van der Waals surface area contributed by atoms with Crippen LogP contribution in [0.15, 0.2) is 24.3 Å². The van der Waals surface area contributed by atoms with Crippen molar-refractivity contribution in [3.05, 3.63) is 35.4 Å². The molecule has 1 N–H and O–H groups in total. The van der Waals surface area contributed by atoms with Gasteiger partial charge in [-0.2, -0.15) is 0 Å². The van der Waals surface area contributed by atoms with Crippen molar-refractivity contribution in [2.75, 3.05) is 20.8 Å². The van der Waals surface area contributed by atoms with Crippen LogP contribution in [0.25, 0.3) is 0 Å². The van der Waals surface area contributed by atoms with Crippen molar-refractivity contribution in [3.8, 4) is 0 Å². The summed E-state index contributed by atoms with van der Waals surface area (Å²) in [5.41, 5.74) is 2.84. The third kappa shape index (κ3) is 2.77. The summed E-state index contributed by atoms with van der Waals surface area (Å²) in [5, 5.41) is 3.58. The maximum Gasteiger partial charge on any atom is 0.0502 e. The van der Waals surface area contributed by atoms with Gasteiger partial charge in [0.1, 0.15) is 0 Å². The summed E-state index contributed by atoms with van der Waals surface area (Å²) in [6.45, 7) is 0.807. The van der Waals surface area contributed by atoms with E-state index >= 15 is 0 Å². The molecule has 0 aliphatic heterocycles. The highest BCUT2D eigenvalue weighted by molar-refractivity contribution is 5.26. The molecule has 2 heteroatoms. The molecule has 3 rings (SSSR count). The van der Waals surface area contributed by atoms with Gasteiger partial charge in [-0.25, -0.2) is 0 Å². The summed E-state index contributed by atoms with van der Waals surface area (Å²) in [6, 6.07) is 9.72. The van der Waals surface area contributed by atoms with Gasteiger partial charge in [0.2, 0.25) is 0 Å². The van der Waals surface area contributed by atoms with E-state index in [0.717, 1.165) is 30.8 Å². The van der Waals surface area contributed by atoms with Gasteiger partial charge in [-0.15, -0.1) is 0 Å². The SMILES string of the molecule is CNC(c1ccc(CCOC)cc1)C1CC2CCC1C2. The Balaban J connectivity index is 1.69. The van der Waals surface area contributed by atoms with Gasteiger partial charge in [-0.3, -0.25) is 0 Å². The van der Waals surface area contributed by atoms with E-state index < -0.39 is 0 Å². The lowest BCUT2D eigenvalue weighted by Gasteiger charge is -2.30. The standard InChI is InChI=1S/C18H27NO/c1-19-18(17-12-14-5-8-16(17)11-14)15-6-3-13(4-7-15)9-10-20-2/h3-4,6-7,14,16-19H,5,8-12H2,1-2H3. The highest BCUT2D eigenvalue weighted by atomic mass is 16.5. The highest BCUT2D eigenvalue weighted by Gasteiger charge is 2.42. The van der Waals surface area contributed by atoms with Crippen LogP contribution in [0.5, 0.6) is 0 Å². The second-order valence-electron chi connectivity index (χ2n) is 6.59. The summed E-state index contributed by atoms with van der Waals surface area (Å²) in [5.74, 6) is 2.83. The minimum atomic E-state index is 0.543. The largest absolute Gasteiger partial charge is 0.384 e. The first-order valence-corrected chi connectivity index (χ1v) is 8.07. The summed E-state index contributed by atoms with van der Waals surface area (Å²) in [4.78, 5) is 0. The van der Waals surface area contributed by atoms with E-state index in [-0.39, 0.29) is 0 Å². The Morgan fingerprint density at radius 3 is 2.55 bits per heavy atom. The molecule has 2 saturated carbocycles. The van der Waals surface area contributed by atoms with Crippen LogP contribution in [0, 0.1) is 17.8 Å². The molecule has 0 amide bonds. The fourth-order valence-corrected chi connectivity index (χ4v) is 4.44. The average Bonchev–Trinajstić information content (AvgIpc) is 3.10. The molecule has 0 saturated heterocycles. The summed E-state index contributed by atoms with van der Waals surface area (Å²) in [7, 11) is 3.88. The van der Waals surface area contributed by atoms with Gasteiger partial charge in [0.05, 0.1) is 6.61 Å². The van der Waals surface area contributed by atoms with E-state index in [9.17, 15) is 0 Å². The molecule has 4 unspecified atom stereocenters. The van der Waals surface area contributed by atoms with Crippen LogP contribution in [-0.2, 0) is 11.2 Å². The quantitative estimate of drug-likeness (QED) is 0.855. The number of rotatable bonds is 6. The first-order chi connectivity index (χ1) is 9.81. The molecule has 20 heavy (non-hydrogen) atoms. The van der Waals surface area contributed by atoms with Crippen LogP contribution in [0.1, 0.15) is 42.9 Å². The van der Waals surface area contributed by atoms with Crippen molar-refractivity contribution in [1.29, 1.82) is 0 Å². The van der Waals surface area contributed by atoms with E-state index in [4.69, 9.17) is 4.74 Å². The Morgan fingerprint density at radius 1 is 1.20 bits per heavy atom. The van der Waals surface area contributed by atoms with Gasteiger partial charge < -0.3 is 10.1 Å². The summed E-state index contributed by atoms with van der Waals surface area (Å²) in [6.07, 6.45) is 6.86. The molecule has 4 atom stereocenters. The second kappa shape index (κ2) is 6.28. The average molecular weight is 273 g/mol. The number of hydrogen-bond donors (Lipinski definition) is 1. The minimum Gasteiger partial charge on any atom is -0.384 e. The maximum atomic E-state index is 5.15. The molecule has 0 heterocycles. The number of hydrogen-bond acceptors (Lipinski definition) is 2. The second-order valence-corrected chi connectivity index (χ2v) is 6.59. The number of fused-ring (bicyclic) bond motifs is 2. The molecular formula is C18H27NO. The smallest absolute Gasteiger partial charge is 0.0502 e. The van der Waals surface area contributed by atoms with Crippen LogP contribution in [0.3, 0.4) is 0 Å². The monoisotopic (exact) mass is 273 g/mol. The molecule has 2 aliphatic rings. The zero-order valence-corrected chi connectivity index (χ0v) is 12.8. The molecule has 1 aromatic carbocycles. The van der Waals surface area contributed by atoms with Crippen molar-refractivity contribution < 1.29 is 4.74 Å². The molecule has 2 bridgehead atoms. The first kappa shape index (κ1) is 14.1. The van der Waals surface area contributed by atoms with Crippen molar-refractivity contribution in [3.63, 3.8) is 0 Å². The Labute approximate surface area is 122 Å². The molecular weight excluding hydrogens is 246 g/mol. The predicted octanol–water partition coefficient (Wildman–Crippen LogP) is 3.57. The number of methoxy groups -OCH3 is 1. The molecule has 110 valence electrons. The van der Waals surface area contributed by atoms with E-state index in [1.807, 2.05) is 0 Å². The van der Waals surface area contributed by atoms with E-state index in [1.165, 1.54) is 36.8 Å². The molecule has 2 aliphatic carbocycles. The van der Waals surface area contributed by atoms with Gasteiger partial charge in [-0.05, 0) is 61.6 Å². The van der Waals surface area contributed by atoms with Gasteiger partial charge in [0, 0.05) is 13.2 Å². The van der Waals surface area contributed by atoms with Gasteiger partial charge in [0.15, 0.2) is 0 Å². The van der Waals surface area contributed by atoms with Gasteiger partial charge >= 0.3 is 0 Å². The van der Waals surface area contributed by atoms with E-state index in [0.29, 0.717) is 6.04 Å². The normalized spacial score (nSPS) is 29.8. The summed E-state index contributed by atoms with van der Waals surface area (Å²) < 4.78 is 5.15. The molecule has 0 aromatic heterocycles. The predicted molar refractivity (Wildman–Crippen MR) is 82.8 cm³/mol. The third-order valence-electron chi connectivity index (χ3n) is 5.47. The van der Waals surface area contributed by atoms with Crippen molar-refractivity contribution >= 4 is 0 Å². The topological polar surface area (TPSA) is 21.3 Å². The Bertz CT molecular complexity index is 428.